The molecule has 0 spiro atoms. The van der Waals surface area contributed by atoms with E-state index >= 15 is 0 Å². The summed E-state index contributed by atoms with van der Waals surface area (Å²) in [4.78, 5) is 41.0. The summed E-state index contributed by atoms with van der Waals surface area (Å²) in [5.74, 6) is -9.46. The number of nitrogens with two attached hydrogens (primary N) is 1. The summed E-state index contributed by atoms with van der Waals surface area (Å²) in [5.41, 5.74) is 1.98. The Morgan fingerprint density at radius 1 is 1.07 bits per heavy atom. The molecule has 5 rings (SSSR count). The number of aliphatic hydroxyl groups excluding tert-OH is 3. The Morgan fingerprint density at radius 3 is 2.36 bits per heavy atom. The van der Waals surface area contributed by atoms with E-state index < -0.39 is 85.5 Å². The zero-order valence-corrected chi connectivity index (χ0v) is 24.3. The number of fused-ring (bicyclic) bond motifs is 3. The summed E-state index contributed by atoms with van der Waals surface area (Å²) in [6.45, 7) is 0. The van der Waals surface area contributed by atoms with Gasteiger partial charge in [-0.1, -0.05) is 53.3 Å². The number of phenols is 1. The molecule has 42 heavy (non-hydrogen) atoms. The largest absolute Gasteiger partial charge is 0.508 e. The number of phenolic OH excluding ortho intramolecular Hbond substituents is 1. The first kappa shape index (κ1) is 30.0. The number of benzene rings is 2. The number of nitrogens with zero attached hydrogens (tertiary/aromatic N) is 1. The van der Waals surface area contributed by atoms with Crippen LogP contribution in [0.3, 0.4) is 0 Å². The fourth-order valence-electron chi connectivity index (χ4n) is 6.49. The average molecular weight is 615 g/mol. The highest BCUT2D eigenvalue weighted by Crippen LogP contribution is 2.56. The van der Waals surface area contributed by atoms with Crippen LogP contribution in [0.25, 0.3) is 5.76 Å². The van der Waals surface area contributed by atoms with Crippen molar-refractivity contribution in [2.24, 2.45) is 17.6 Å². The van der Waals surface area contributed by atoms with E-state index in [0.717, 1.165) is 16.4 Å². The van der Waals surface area contributed by atoms with Crippen LogP contribution in [0.5, 0.6) is 5.75 Å². The molecule has 1 saturated carbocycles. The molecule has 1 fully saturated rings. The Bertz CT molecular complexity index is 1570. The van der Waals surface area contributed by atoms with Crippen LogP contribution in [-0.4, -0.2) is 89.7 Å². The second kappa shape index (κ2) is 11.0. The molecule has 0 radical (unpaired) electrons. The number of rotatable bonds is 7. The minimum atomic E-state index is -3.00. The number of carbonyl (C=O) groups is 3. The molecule has 1 unspecified atom stereocenters. The highest BCUT2D eigenvalue weighted by atomic mass is 33.1. The van der Waals surface area contributed by atoms with Crippen LogP contribution in [0.2, 0.25) is 0 Å². The molecule has 3 aliphatic carbocycles. The molecule has 0 heterocycles. The maximum atomic E-state index is 14.2. The topological polar surface area (TPSA) is 199 Å². The van der Waals surface area contributed by atoms with Crippen LogP contribution in [0.15, 0.2) is 65.4 Å². The van der Waals surface area contributed by atoms with E-state index in [1.807, 2.05) is 30.3 Å². The zero-order valence-electron chi connectivity index (χ0n) is 22.6. The summed E-state index contributed by atoms with van der Waals surface area (Å²) >= 11 is 0. The van der Waals surface area contributed by atoms with Crippen molar-refractivity contribution < 1.29 is 44.1 Å². The molecule has 11 nitrogen and oxygen atoms in total. The summed E-state index contributed by atoms with van der Waals surface area (Å²) in [7, 11) is 2.49. The number of aromatic hydroxyl groups is 1. The molecule has 7 N–H and O–H groups in total. The fourth-order valence-corrected chi connectivity index (χ4v) is 9.28. The molecular formula is C29H30N2O9S2. The number of aliphatic hydroxyl groups is 4. The number of Topliss-reactive ketones (excluding diaryl/α,β-unsaturated/α-hetero) is 2. The fraction of sp³-hybridized carbons (Fsp3) is 0.345. The van der Waals surface area contributed by atoms with E-state index in [2.05, 4.69) is 0 Å². The maximum absolute atomic E-state index is 14.2. The molecule has 0 bridgehead atoms. The van der Waals surface area contributed by atoms with Crippen LogP contribution < -0.4 is 5.73 Å². The molecular weight excluding hydrogens is 584 g/mol. The highest BCUT2D eigenvalue weighted by Gasteiger charge is 2.68. The first-order chi connectivity index (χ1) is 19.8. The second-order valence-electron chi connectivity index (χ2n) is 10.8. The molecule has 2 aromatic rings. The van der Waals surface area contributed by atoms with Gasteiger partial charge in [0.25, 0.3) is 5.91 Å². The minimum Gasteiger partial charge on any atom is -0.508 e. The van der Waals surface area contributed by atoms with Crippen molar-refractivity contribution >= 4 is 43.9 Å². The van der Waals surface area contributed by atoms with Crippen molar-refractivity contribution in [1.29, 1.82) is 0 Å². The molecule has 0 aromatic heterocycles. The van der Waals surface area contributed by atoms with Crippen LogP contribution in [0, 0.1) is 11.8 Å². The molecule has 222 valence electrons. The van der Waals surface area contributed by atoms with Gasteiger partial charge in [0.15, 0.2) is 11.4 Å². The molecule has 0 aliphatic heterocycles. The quantitative estimate of drug-likeness (QED) is 0.193. The lowest BCUT2D eigenvalue weighted by Crippen LogP contribution is -2.70. The summed E-state index contributed by atoms with van der Waals surface area (Å²) < 4.78 is 13.1. The van der Waals surface area contributed by atoms with Gasteiger partial charge in [-0.05, 0) is 31.3 Å². The average Bonchev–Trinajstić information content (AvgIpc) is 2.93. The Morgan fingerprint density at radius 2 is 1.74 bits per heavy atom. The Labute approximate surface area is 247 Å². The van der Waals surface area contributed by atoms with Gasteiger partial charge in [0.05, 0.1) is 39.2 Å². The number of carbonyl (C=O) groups excluding carboxylic acids is 3. The SMILES string of the molecule is CN(C)[C@@H]1C(=O)C(C(N)=O)=C(O)[C@@]2(O)C(=O)C3=C(O)c4c(O)cccc4[C@H](CSS(=O)Cc4ccccc4)[C@H]3[C@H](O)[C@@H]12. The van der Waals surface area contributed by atoms with Gasteiger partial charge >= 0.3 is 0 Å². The van der Waals surface area contributed by atoms with Gasteiger partial charge in [0.1, 0.15) is 22.8 Å². The lowest BCUT2D eigenvalue weighted by atomic mass is 9.54. The van der Waals surface area contributed by atoms with E-state index in [9.17, 15) is 44.1 Å². The molecule has 13 heteroatoms. The Kier molecular flexibility index (Phi) is 7.83. The molecule has 7 atom stereocenters. The second-order valence-corrected chi connectivity index (χ2v) is 14.1. The predicted molar refractivity (Wildman–Crippen MR) is 155 cm³/mol. The van der Waals surface area contributed by atoms with Gasteiger partial charge in [-0.15, -0.1) is 0 Å². The normalized spacial score (nSPS) is 29.7. The van der Waals surface area contributed by atoms with Gasteiger partial charge in [-0.2, -0.15) is 0 Å². The number of primary amides is 1. The van der Waals surface area contributed by atoms with Crippen molar-refractivity contribution in [3.63, 3.8) is 0 Å². The monoisotopic (exact) mass is 614 g/mol. The van der Waals surface area contributed by atoms with Crippen molar-refractivity contribution in [1.82, 2.24) is 4.90 Å². The van der Waals surface area contributed by atoms with Gasteiger partial charge in [-0.25, -0.2) is 4.21 Å². The smallest absolute Gasteiger partial charge is 0.255 e. The van der Waals surface area contributed by atoms with Crippen molar-refractivity contribution in [2.45, 2.75) is 29.4 Å². The predicted octanol–water partition coefficient (Wildman–Crippen LogP) is 1.07. The number of hydrogen-bond acceptors (Lipinski definition) is 11. The van der Waals surface area contributed by atoms with E-state index in [4.69, 9.17) is 5.73 Å². The van der Waals surface area contributed by atoms with E-state index in [-0.39, 0.29) is 22.8 Å². The zero-order chi connectivity index (χ0) is 30.7. The third-order valence-electron chi connectivity index (χ3n) is 8.30. The standard InChI is InChI=1S/C29H30N2O9S2/c1-31(2)22-21-24(34)18-15(11-41-42(40)12-13-7-4-3-5-8-13)14-9-6-10-16(32)17(14)23(33)19(18)26(36)29(21,39)27(37)20(25(22)35)28(30)38/h3-10,15,18,21-22,24,32-34,37,39H,11-12H2,1-2H3,(H2,30,38)/t15-,18+,21+,22-,24-,29-,42?/m0/s1. The van der Waals surface area contributed by atoms with Crippen molar-refractivity contribution in [3.8, 4) is 5.75 Å². The molecule has 1 amide bonds. The van der Waals surface area contributed by atoms with Gasteiger partial charge in [-0.3, -0.25) is 19.3 Å². The third kappa shape index (κ3) is 4.47. The molecule has 2 aromatic carbocycles. The third-order valence-corrected chi connectivity index (χ3v) is 11.2. The van der Waals surface area contributed by atoms with E-state index in [0.29, 0.717) is 5.56 Å². The minimum absolute atomic E-state index is 0.0573. The maximum Gasteiger partial charge on any atom is 0.255 e. The summed E-state index contributed by atoms with van der Waals surface area (Å²) in [6, 6.07) is 12.1. The highest BCUT2D eigenvalue weighted by molar-refractivity contribution is 8.68. The number of likely N-dealkylation sites (N-methyl/N-ethyl adjacent to an activating group) is 1. The lowest BCUT2D eigenvalue weighted by Gasteiger charge is -2.54. The van der Waals surface area contributed by atoms with Crippen molar-refractivity contribution in [2.75, 3.05) is 19.8 Å². The number of ketones is 2. The van der Waals surface area contributed by atoms with Crippen molar-refractivity contribution in [3.05, 3.63) is 82.1 Å². The van der Waals surface area contributed by atoms with E-state index in [1.165, 1.54) is 31.1 Å². The Hall–Kier alpha value is -3.49. The van der Waals surface area contributed by atoms with Gasteiger partial charge in [0.2, 0.25) is 5.78 Å². The van der Waals surface area contributed by atoms with Crippen LogP contribution >= 0.6 is 10.8 Å². The van der Waals surface area contributed by atoms with Crippen LogP contribution in [-0.2, 0) is 30.0 Å². The van der Waals surface area contributed by atoms with Gasteiger partial charge in [0, 0.05) is 23.2 Å². The number of amides is 1. The molecule has 0 saturated heterocycles. The summed E-state index contributed by atoms with van der Waals surface area (Å²) in [6.07, 6.45) is -1.73. The number of hydrogen-bond donors (Lipinski definition) is 6. The Balaban J connectivity index is 1.65. The van der Waals surface area contributed by atoms with E-state index in [1.54, 1.807) is 6.07 Å². The van der Waals surface area contributed by atoms with Crippen LogP contribution in [0.1, 0.15) is 22.6 Å². The first-order valence-electron chi connectivity index (χ1n) is 13.0. The summed E-state index contributed by atoms with van der Waals surface area (Å²) in [5, 5.41) is 56.8. The lowest BCUT2D eigenvalue weighted by molar-refractivity contribution is -0.169. The molecule has 3 aliphatic rings. The van der Waals surface area contributed by atoms with Crippen LogP contribution in [0.4, 0.5) is 0 Å². The first-order valence-corrected chi connectivity index (χ1v) is 15.8. The van der Waals surface area contributed by atoms with Gasteiger partial charge < -0.3 is 31.3 Å².